The molecule has 0 bridgehead atoms. The van der Waals surface area contributed by atoms with Crippen LogP contribution in [0.1, 0.15) is 5.56 Å². The Morgan fingerprint density at radius 3 is 2.13 bits per heavy atom. The molecule has 0 N–H and O–H groups in total. The van der Waals surface area contributed by atoms with Crippen LogP contribution >= 0.6 is 0 Å². The summed E-state index contributed by atoms with van der Waals surface area (Å²) in [6.45, 7) is 0. The van der Waals surface area contributed by atoms with Crippen molar-refractivity contribution in [1.29, 1.82) is 5.26 Å². The topological polar surface area (TPSA) is 36.9 Å². The molecule has 0 spiro atoms. The number of hydrogen-bond donors (Lipinski definition) is 0. The molecule has 4 rings (SSSR count). The van der Waals surface area contributed by atoms with Gasteiger partial charge < -0.3 is 4.42 Å². The third-order valence-electron chi connectivity index (χ3n) is 3.93. The van der Waals surface area contributed by atoms with E-state index in [9.17, 15) is 0 Å². The van der Waals surface area contributed by atoms with E-state index in [-0.39, 0.29) is 0 Å². The predicted octanol–water partition coefficient (Wildman–Crippen LogP) is 5.64. The number of benzene rings is 3. The second-order valence-electron chi connectivity index (χ2n) is 5.36. The monoisotopic (exact) mass is 295 g/mol. The lowest BCUT2D eigenvalue weighted by molar-refractivity contribution is 0.632. The van der Waals surface area contributed by atoms with Crippen LogP contribution in [0, 0.1) is 11.3 Å². The third-order valence-corrected chi connectivity index (χ3v) is 3.93. The van der Waals surface area contributed by atoms with Crippen molar-refractivity contribution in [2.45, 2.75) is 0 Å². The van der Waals surface area contributed by atoms with Crippen LogP contribution in [0.25, 0.3) is 33.4 Å². The molecule has 0 fully saturated rings. The number of nitrogens with zero attached hydrogens (tertiary/aromatic N) is 1. The molecule has 1 heterocycles. The van der Waals surface area contributed by atoms with Crippen LogP contribution in [0.2, 0.25) is 0 Å². The van der Waals surface area contributed by atoms with Crippen LogP contribution in [0.3, 0.4) is 0 Å². The first kappa shape index (κ1) is 13.4. The van der Waals surface area contributed by atoms with Gasteiger partial charge in [-0.15, -0.1) is 0 Å². The average Bonchev–Trinajstić information content (AvgIpc) is 3.02. The Kier molecular flexibility index (Phi) is 3.18. The fraction of sp³-hybridized carbons (Fsp3) is 0. The van der Waals surface area contributed by atoms with Gasteiger partial charge in [-0.2, -0.15) is 5.26 Å². The second kappa shape index (κ2) is 5.47. The molecule has 23 heavy (non-hydrogen) atoms. The molecule has 0 radical (unpaired) electrons. The molecule has 1 aromatic heterocycles. The van der Waals surface area contributed by atoms with Crippen molar-refractivity contribution in [1.82, 2.24) is 0 Å². The third kappa shape index (κ3) is 2.29. The molecule has 0 saturated heterocycles. The molecule has 0 saturated carbocycles. The van der Waals surface area contributed by atoms with E-state index < -0.39 is 0 Å². The van der Waals surface area contributed by atoms with Crippen LogP contribution in [-0.4, -0.2) is 0 Å². The Bertz CT molecular complexity index is 1010. The van der Waals surface area contributed by atoms with Gasteiger partial charge in [0.2, 0.25) is 0 Å². The number of nitriles is 1. The fourth-order valence-electron chi connectivity index (χ4n) is 2.84. The molecule has 0 amide bonds. The first-order chi connectivity index (χ1) is 11.4. The summed E-state index contributed by atoms with van der Waals surface area (Å²) >= 11 is 0. The summed E-state index contributed by atoms with van der Waals surface area (Å²) in [5, 5.41) is 10.1. The van der Waals surface area contributed by atoms with Crippen molar-refractivity contribution in [3.63, 3.8) is 0 Å². The van der Waals surface area contributed by atoms with Gasteiger partial charge in [0, 0.05) is 16.5 Å². The van der Waals surface area contributed by atoms with Crippen molar-refractivity contribution >= 4 is 11.0 Å². The molecular weight excluding hydrogens is 282 g/mol. The smallest absolute Gasteiger partial charge is 0.143 e. The second-order valence-corrected chi connectivity index (χ2v) is 5.36. The maximum Gasteiger partial charge on any atom is 0.143 e. The molecule has 0 aliphatic rings. The van der Waals surface area contributed by atoms with Crippen molar-refractivity contribution in [2.24, 2.45) is 0 Å². The van der Waals surface area contributed by atoms with Crippen molar-refractivity contribution in [3.05, 3.63) is 84.4 Å². The van der Waals surface area contributed by atoms with Gasteiger partial charge >= 0.3 is 0 Å². The van der Waals surface area contributed by atoms with Crippen LogP contribution in [0.4, 0.5) is 0 Å². The van der Waals surface area contributed by atoms with Crippen molar-refractivity contribution in [2.75, 3.05) is 0 Å². The van der Waals surface area contributed by atoms with Gasteiger partial charge in [0.05, 0.1) is 11.6 Å². The highest BCUT2D eigenvalue weighted by atomic mass is 16.3. The number of rotatable bonds is 2. The molecular formula is C21H13NO. The minimum atomic E-state index is 0.645. The fourth-order valence-corrected chi connectivity index (χ4v) is 2.84. The number of para-hydroxylation sites is 1. The molecule has 2 nitrogen and oxygen atoms in total. The SMILES string of the molecule is N#Cc1ccc(-c2oc3ccccc3c2-c2ccccc2)cc1. The van der Waals surface area contributed by atoms with Crippen LogP contribution in [0.15, 0.2) is 83.3 Å². The molecule has 0 unspecified atom stereocenters. The van der Waals surface area contributed by atoms with Gasteiger partial charge in [-0.25, -0.2) is 0 Å². The number of hydrogen-bond acceptors (Lipinski definition) is 2. The van der Waals surface area contributed by atoms with Crippen LogP contribution in [0.5, 0.6) is 0 Å². The van der Waals surface area contributed by atoms with Gasteiger partial charge in [-0.1, -0.05) is 48.5 Å². The van der Waals surface area contributed by atoms with Gasteiger partial charge in [-0.05, 0) is 35.9 Å². The zero-order chi connectivity index (χ0) is 15.6. The summed E-state index contributed by atoms with van der Waals surface area (Å²) in [5.41, 5.74) is 4.69. The van der Waals surface area contributed by atoms with E-state index in [1.165, 1.54) is 0 Å². The van der Waals surface area contributed by atoms with Gasteiger partial charge in [-0.3, -0.25) is 0 Å². The molecule has 108 valence electrons. The van der Waals surface area contributed by atoms with E-state index in [1.54, 1.807) is 0 Å². The number of furan rings is 1. The van der Waals surface area contributed by atoms with Crippen molar-refractivity contribution < 1.29 is 4.42 Å². The molecule has 4 aromatic rings. The van der Waals surface area contributed by atoms with Gasteiger partial charge in [0.15, 0.2) is 0 Å². The lowest BCUT2D eigenvalue weighted by atomic mass is 9.98. The van der Waals surface area contributed by atoms with E-state index >= 15 is 0 Å². The molecule has 0 aliphatic carbocycles. The highest BCUT2D eigenvalue weighted by molar-refractivity contribution is 6.01. The quantitative estimate of drug-likeness (QED) is 0.480. The lowest BCUT2D eigenvalue weighted by Gasteiger charge is -2.04. The Labute approximate surface area is 134 Å². The first-order valence-corrected chi connectivity index (χ1v) is 7.44. The molecule has 2 heteroatoms. The average molecular weight is 295 g/mol. The summed E-state index contributed by atoms with van der Waals surface area (Å²) in [6.07, 6.45) is 0. The van der Waals surface area contributed by atoms with E-state index in [4.69, 9.17) is 9.68 Å². The summed E-state index contributed by atoms with van der Waals surface area (Å²) < 4.78 is 6.13. The maximum absolute atomic E-state index is 8.97. The normalized spacial score (nSPS) is 10.6. The van der Waals surface area contributed by atoms with E-state index in [0.717, 1.165) is 33.4 Å². The largest absolute Gasteiger partial charge is 0.455 e. The van der Waals surface area contributed by atoms with E-state index in [0.29, 0.717) is 5.56 Å². The minimum absolute atomic E-state index is 0.645. The van der Waals surface area contributed by atoms with Gasteiger partial charge in [0.1, 0.15) is 11.3 Å². The first-order valence-electron chi connectivity index (χ1n) is 7.44. The Morgan fingerprint density at radius 2 is 1.39 bits per heavy atom. The minimum Gasteiger partial charge on any atom is -0.455 e. The Hall–Kier alpha value is -3.31. The lowest BCUT2D eigenvalue weighted by Crippen LogP contribution is -1.81. The van der Waals surface area contributed by atoms with Gasteiger partial charge in [0.25, 0.3) is 0 Å². The number of fused-ring (bicyclic) bond motifs is 1. The maximum atomic E-state index is 8.97. The highest BCUT2D eigenvalue weighted by Crippen LogP contribution is 2.40. The van der Waals surface area contributed by atoms with Crippen LogP contribution in [-0.2, 0) is 0 Å². The zero-order valence-electron chi connectivity index (χ0n) is 12.4. The Balaban J connectivity index is 2.00. The summed E-state index contributed by atoms with van der Waals surface area (Å²) in [7, 11) is 0. The summed E-state index contributed by atoms with van der Waals surface area (Å²) in [6, 6.07) is 27.9. The predicted molar refractivity (Wildman–Crippen MR) is 91.8 cm³/mol. The van der Waals surface area contributed by atoms with E-state index in [1.807, 2.05) is 60.7 Å². The van der Waals surface area contributed by atoms with Crippen molar-refractivity contribution in [3.8, 4) is 28.5 Å². The Morgan fingerprint density at radius 1 is 0.696 bits per heavy atom. The van der Waals surface area contributed by atoms with Crippen LogP contribution < -0.4 is 0 Å². The molecule has 3 aromatic carbocycles. The molecule has 0 atom stereocenters. The highest BCUT2D eigenvalue weighted by Gasteiger charge is 2.17. The summed E-state index contributed by atoms with van der Waals surface area (Å²) in [5.74, 6) is 0.835. The zero-order valence-corrected chi connectivity index (χ0v) is 12.4. The standard InChI is InChI=1S/C21H13NO/c22-14-15-10-12-17(13-11-15)21-20(16-6-2-1-3-7-16)18-8-4-5-9-19(18)23-21/h1-13H. The summed E-state index contributed by atoms with van der Waals surface area (Å²) in [4.78, 5) is 0. The molecule has 0 aliphatic heterocycles. The van der Waals surface area contributed by atoms with E-state index in [2.05, 4.69) is 24.3 Å².